The van der Waals surface area contributed by atoms with Gasteiger partial charge in [0.25, 0.3) is 0 Å². The summed E-state index contributed by atoms with van der Waals surface area (Å²) < 4.78 is 0. The van der Waals surface area contributed by atoms with E-state index >= 15 is 0 Å². The van der Waals surface area contributed by atoms with E-state index in [1.54, 1.807) is 0 Å². The number of nitrogens with one attached hydrogen (secondary N) is 1. The molecule has 0 aliphatic heterocycles. The van der Waals surface area contributed by atoms with Gasteiger partial charge < -0.3 is 4.98 Å². The van der Waals surface area contributed by atoms with Crippen molar-refractivity contribution in [3.05, 3.63) is 17.8 Å². The average molecular weight is 156 g/mol. The van der Waals surface area contributed by atoms with Gasteiger partial charge in [-0.05, 0) is 0 Å². The van der Waals surface area contributed by atoms with Crippen LogP contribution in [-0.4, -0.2) is 19.9 Å². The Morgan fingerprint density at radius 2 is 2.20 bits per heavy atom. The molecular weight excluding hydrogens is 153 g/mol. The van der Waals surface area contributed by atoms with Crippen molar-refractivity contribution in [1.82, 2.24) is 19.9 Å². The average Bonchev–Trinajstić information content (AvgIpc) is 2.36. The Bertz CT molecular complexity index is 355. The zero-order valence-electron chi connectivity index (χ0n) is 4.87. The quantitative estimate of drug-likeness (QED) is 0.578. The van der Waals surface area contributed by atoms with Crippen LogP contribution >= 0.6 is 11.6 Å². The minimum atomic E-state index is 0.405. The van der Waals surface area contributed by atoms with Crippen molar-refractivity contribution in [2.75, 3.05) is 0 Å². The molecule has 0 saturated carbocycles. The number of aromatic nitrogens is 4. The number of halogens is 1. The van der Waals surface area contributed by atoms with E-state index in [1.165, 1.54) is 12.7 Å². The summed E-state index contributed by atoms with van der Waals surface area (Å²) in [5.74, 6) is 0. The SMILES string of the molecule is Clc1[15n]cnc2nc[nH]c12. The second kappa shape index (κ2) is 1.91. The maximum absolute atomic E-state index is 5.68. The van der Waals surface area contributed by atoms with Crippen molar-refractivity contribution in [1.29, 1.82) is 0 Å². The fraction of sp³-hybridized carbons (Fsp3) is 0. The molecule has 2 heterocycles. The molecule has 0 fully saturated rings. The van der Waals surface area contributed by atoms with E-state index in [-0.39, 0.29) is 0 Å². The highest BCUT2D eigenvalue weighted by molar-refractivity contribution is 6.33. The van der Waals surface area contributed by atoms with Crippen molar-refractivity contribution in [2.24, 2.45) is 0 Å². The van der Waals surface area contributed by atoms with Gasteiger partial charge in [-0.1, -0.05) is 11.6 Å². The van der Waals surface area contributed by atoms with Crippen molar-refractivity contribution < 1.29 is 0 Å². The topological polar surface area (TPSA) is 54.5 Å². The number of fused-ring (bicyclic) bond motifs is 1. The predicted octanol–water partition coefficient (Wildman–Crippen LogP) is 1.01. The molecule has 0 aliphatic carbocycles. The molecule has 0 aromatic carbocycles. The van der Waals surface area contributed by atoms with Gasteiger partial charge in [0, 0.05) is 0 Å². The highest BCUT2D eigenvalue weighted by atomic mass is 35.5. The summed E-state index contributed by atoms with van der Waals surface area (Å²) >= 11 is 5.68. The van der Waals surface area contributed by atoms with Crippen LogP contribution in [0, 0.1) is 0 Å². The first-order chi connectivity index (χ1) is 4.88. The van der Waals surface area contributed by atoms with E-state index in [4.69, 9.17) is 11.6 Å². The molecule has 50 valence electrons. The van der Waals surface area contributed by atoms with Crippen LogP contribution in [0.3, 0.4) is 0 Å². The molecule has 10 heavy (non-hydrogen) atoms. The minimum Gasteiger partial charge on any atom is -0.341 e. The van der Waals surface area contributed by atoms with Crippen molar-refractivity contribution in [2.45, 2.75) is 0 Å². The number of nitrogens with zero attached hydrogens (tertiary/aromatic N) is 3. The number of rotatable bonds is 0. The van der Waals surface area contributed by atoms with Crippen molar-refractivity contribution in [3.8, 4) is 0 Å². The van der Waals surface area contributed by atoms with Crippen LogP contribution in [0.4, 0.5) is 0 Å². The van der Waals surface area contributed by atoms with E-state index in [1.807, 2.05) is 0 Å². The number of H-pyrrole nitrogens is 1. The van der Waals surface area contributed by atoms with Crippen LogP contribution in [0.2, 0.25) is 5.15 Å². The molecule has 4 nitrogen and oxygen atoms in total. The van der Waals surface area contributed by atoms with Crippen LogP contribution in [-0.2, 0) is 0 Å². The van der Waals surface area contributed by atoms with E-state index < -0.39 is 0 Å². The summed E-state index contributed by atoms with van der Waals surface area (Å²) in [6.07, 6.45) is 2.91. The third-order valence-corrected chi connectivity index (χ3v) is 1.46. The van der Waals surface area contributed by atoms with Gasteiger partial charge in [0.05, 0.1) is 6.33 Å². The molecule has 2 aromatic heterocycles. The zero-order valence-corrected chi connectivity index (χ0v) is 5.63. The summed E-state index contributed by atoms with van der Waals surface area (Å²) in [4.78, 5) is 14.3. The largest absolute Gasteiger partial charge is 0.341 e. The van der Waals surface area contributed by atoms with Crippen LogP contribution in [0.15, 0.2) is 12.7 Å². The third-order valence-electron chi connectivity index (χ3n) is 1.18. The molecule has 0 unspecified atom stereocenters. The Hall–Kier alpha value is -1.16. The Morgan fingerprint density at radius 1 is 1.30 bits per heavy atom. The van der Waals surface area contributed by atoms with Gasteiger partial charge in [0.1, 0.15) is 11.8 Å². The number of hydrogen-bond acceptors (Lipinski definition) is 3. The molecule has 0 radical (unpaired) electrons. The van der Waals surface area contributed by atoms with Crippen LogP contribution in [0.1, 0.15) is 0 Å². The second-order valence-corrected chi connectivity index (χ2v) is 2.12. The molecule has 2 aromatic rings. The van der Waals surface area contributed by atoms with Crippen LogP contribution in [0.5, 0.6) is 0 Å². The molecule has 0 bridgehead atoms. The van der Waals surface area contributed by atoms with Crippen molar-refractivity contribution >= 4 is 22.8 Å². The second-order valence-electron chi connectivity index (χ2n) is 1.77. The molecular formula is C5H3ClN4. The third kappa shape index (κ3) is 0.657. The normalized spacial score (nSPS) is 10.5. The van der Waals surface area contributed by atoms with Gasteiger partial charge in [0.15, 0.2) is 10.8 Å². The van der Waals surface area contributed by atoms with Gasteiger partial charge in [-0.3, -0.25) is 0 Å². The van der Waals surface area contributed by atoms with Gasteiger partial charge in [-0.15, -0.1) is 0 Å². The number of aromatic amines is 1. The van der Waals surface area contributed by atoms with E-state index in [9.17, 15) is 0 Å². The summed E-state index contributed by atoms with van der Waals surface area (Å²) in [6, 6.07) is 0. The maximum atomic E-state index is 5.68. The first-order valence-corrected chi connectivity index (χ1v) is 3.05. The van der Waals surface area contributed by atoms with Crippen LogP contribution < -0.4 is 0 Å². The smallest absolute Gasteiger partial charge is 0.182 e. The lowest BCUT2D eigenvalue weighted by Gasteiger charge is -1.86. The maximum Gasteiger partial charge on any atom is 0.182 e. The van der Waals surface area contributed by atoms with Crippen molar-refractivity contribution in [3.63, 3.8) is 0 Å². The van der Waals surface area contributed by atoms with Crippen LogP contribution in [0.25, 0.3) is 11.2 Å². The lowest BCUT2D eigenvalue weighted by atomic mass is 10.6. The Labute approximate surface area is 61.3 Å². The standard InChI is InChI=1S/C5H3ClN4/c6-4-3-5(9-1-7-3)10-2-8-4/h1-2H,(H,7,8,9,10)/i8+1. The molecule has 0 spiro atoms. The Morgan fingerprint density at radius 3 is 3.00 bits per heavy atom. The lowest BCUT2D eigenvalue weighted by molar-refractivity contribution is 1.20. The molecule has 0 amide bonds. The minimum absolute atomic E-state index is 0.405. The van der Waals surface area contributed by atoms with E-state index in [0.717, 1.165) is 0 Å². The summed E-state index contributed by atoms with van der Waals surface area (Å²) in [7, 11) is 0. The van der Waals surface area contributed by atoms with E-state index in [2.05, 4.69) is 19.9 Å². The molecule has 0 aliphatic rings. The van der Waals surface area contributed by atoms with Gasteiger partial charge in [-0.25, -0.2) is 15.0 Å². The van der Waals surface area contributed by atoms with Gasteiger partial charge in [-0.2, -0.15) is 0 Å². The first kappa shape index (κ1) is 5.61. The molecule has 0 saturated heterocycles. The fourth-order valence-electron chi connectivity index (χ4n) is 0.736. The zero-order chi connectivity index (χ0) is 6.97. The Balaban J connectivity index is 2.95. The fourth-order valence-corrected chi connectivity index (χ4v) is 0.918. The summed E-state index contributed by atoms with van der Waals surface area (Å²) in [5.41, 5.74) is 1.28. The van der Waals surface area contributed by atoms with E-state index in [0.29, 0.717) is 16.3 Å². The Kier molecular flexibility index (Phi) is 1.07. The van der Waals surface area contributed by atoms with Gasteiger partial charge >= 0.3 is 0 Å². The summed E-state index contributed by atoms with van der Waals surface area (Å²) in [6.45, 7) is 0. The van der Waals surface area contributed by atoms with Gasteiger partial charge in [0.2, 0.25) is 0 Å². The molecule has 5 heteroatoms. The monoisotopic (exact) mass is 155 g/mol. The highest BCUT2D eigenvalue weighted by Crippen LogP contribution is 2.13. The highest BCUT2D eigenvalue weighted by Gasteiger charge is 2.00. The lowest BCUT2D eigenvalue weighted by Crippen LogP contribution is -1.80. The first-order valence-electron chi connectivity index (χ1n) is 2.67. The molecule has 0 atom stereocenters. The molecule has 1 N–H and O–H groups in total. The molecule has 2 rings (SSSR count). The predicted molar refractivity (Wildman–Crippen MR) is 36.7 cm³/mol. The summed E-state index contributed by atoms with van der Waals surface area (Å²) in [5, 5.41) is 0.405. The number of hydrogen-bond donors (Lipinski definition) is 1. The number of imidazole rings is 1.